The number of hydrogen-bond donors (Lipinski definition) is 1. The second-order valence-corrected chi connectivity index (χ2v) is 6.28. The molecule has 1 amide bonds. The van der Waals surface area contributed by atoms with Gasteiger partial charge in [-0.05, 0) is 45.0 Å². The van der Waals surface area contributed by atoms with Gasteiger partial charge in [-0.3, -0.25) is 4.79 Å². The first-order chi connectivity index (χ1) is 14.6. The number of amides is 1. The molecule has 9 nitrogen and oxygen atoms in total. The van der Waals surface area contributed by atoms with Crippen LogP contribution < -0.4 is 5.32 Å². The molecule has 1 aromatic carbocycles. The number of anilines is 2. The molecule has 156 valence electrons. The van der Waals surface area contributed by atoms with Gasteiger partial charge in [-0.1, -0.05) is 18.2 Å². The van der Waals surface area contributed by atoms with Crippen molar-refractivity contribution in [1.82, 2.24) is 24.9 Å². The molecule has 0 atom stereocenters. The molecular weight excluding hydrogens is 384 g/mol. The van der Waals surface area contributed by atoms with Crippen LogP contribution in [0.3, 0.4) is 0 Å². The number of rotatable bonds is 8. The van der Waals surface area contributed by atoms with E-state index in [1.165, 1.54) is 12.3 Å². The highest BCUT2D eigenvalue weighted by molar-refractivity contribution is 5.99. The first-order valence-electron chi connectivity index (χ1n) is 9.79. The Morgan fingerprint density at radius 2 is 1.77 bits per heavy atom. The molecule has 0 aliphatic heterocycles. The van der Waals surface area contributed by atoms with Gasteiger partial charge in [0.15, 0.2) is 11.5 Å². The van der Waals surface area contributed by atoms with Crippen molar-refractivity contribution in [3.8, 4) is 5.69 Å². The molecule has 0 bridgehead atoms. The fourth-order valence-corrected chi connectivity index (χ4v) is 2.91. The lowest BCUT2D eigenvalue weighted by atomic mass is 10.2. The normalized spacial score (nSPS) is 10.5. The summed E-state index contributed by atoms with van der Waals surface area (Å²) < 4.78 is 6.56. The summed E-state index contributed by atoms with van der Waals surface area (Å²) in [6, 6.07) is 12.6. The third-order valence-electron chi connectivity index (χ3n) is 4.45. The molecule has 3 rings (SSSR count). The van der Waals surface area contributed by atoms with Crippen LogP contribution >= 0.6 is 0 Å². The molecule has 3 aromatic rings. The molecule has 1 N–H and O–H groups in total. The van der Waals surface area contributed by atoms with E-state index in [0.29, 0.717) is 30.3 Å². The minimum absolute atomic E-state index is 0.110. The van der Waals surface area contributed by atoms with Crippen LogP contribution in [-0.2, 0) is 4.74 Å². The molecule has 0 unspecified atom stereocenters. The van der Waals surface area contributed by atoms with E-state index in [1.54, 1.807) is 22.6 Å². The van der Waals surface area contributed by atoms with Gasteiger partial charge < -0.3 is 15.0 Å². The lowest BCUT2D eigenvalue weighted by Gasteiger charge is -2.19. The van der Waals surface area contributed by atoms with Crippen LogP contribution in [0.25, 0.3) is 5.69 Å². The van der Waals surface area contributed by atoms with Crippen LogP contribution in [0, 0.1) is 0 Å². The lowest BCUT2D eigenvalue weighted by Crippen LogP contribution is -2.30. The van der Waals surface area contributed by atoms with Crippen LogP contribution in [0.1, 0.15) is 41.6 Å². The lowest BCUT2D eigenvalue weighted by molar-refractivity contribution is 0.0518. The zero-order valence-corrected chi connectivity index (χ0v) is 17.2. The van der Waals surface area contributed by atoms with E-state index in [1.807, 2.05) is 44.2 Å². The van der Waals surface area contributed by atoms with Crippen molar-refractivity contribution >= 4 is 23.5 Å². The Labute approximate surface area is 174 Å². The number of carbonyl (C=O) groups is 2. The molecule has 0 fully saturated rings. The molecular formula is C21H24N6O3. The maximum absolute atomic E-state index is 13.0. The zero-order valence-electron chi connectivity index (χ0n) is 17.2. The number of hydrogen-bond acceptors (Lipinski definition) is 7. The van der Waals surface area contributed by atoms with Gasteiger partial charge in [0.05, 0.1) is 18.5 Å². The van der Waals surface area contributed by atoms with Gasteiger partial charge >= 0.3 is 5.97 Å². The summed E-state index contributed by atoms with van der Waals surface area (Å²) in [5, 5.41) is 15.5. The third kappa shape index (κ3) is 4.45. The summed E-state index contributed by atoms with van der Waals surface area (Å²) in [4.78, 5) is 26.5. The van der Waals surface area contributed by atoms with Crippen molar-refractivity contribution in [3.05, 3.63) is 59.9 Å². The van der Waals surface area contributed by atoms with E-state index in [9.17, 15) is 9.59 Å². The molecule has 0 aliphatic carbocycles. The first-order valence-corrected chi connectivity index (χ1v) is 9.79. The van der Waals surface area contributed by atoms with E-state index >= 15 is 0 Å². The van der Waals surface area contributed by atoms with Crippen molar-refractivity contribution in [2.24, 2.45) is 0 Å². The molecule has 30 heavy (non-hydrogen) atoms. The number of nitrogens with one attached hydrogen (secondary N) is 1. The van der Waals surface area contributed by atoms with Crippen molar-refractivity contribution in [3.63, 3.8) is 0 Å². The van der Waals surface area contributed by atoms with Gasteiger partial charge in [0.1, 0.15) is 11.4 Å². The monoisotopic (exact) mass is 408 g/mol. The zero-order chi connectivity index (χ0) is 21.5. The molecule has 2 heterocycles. The number of ether oxygens (including phenoxy) is 1. The number of esters is 1. The maximum atomic E-state index is 13.0. The van der Waals surface area contributed by atoms with Crippen LogP contribution in [0.15, 0.2) is 48.7 Å². The number of carbonyl (C=O) groups excluding carboxylic acids is 2. The molecule has 2 aromatic heterocycles. The minimum Gasteiger partial charge on any atom is -0.461 e. The summed E-state index contributed by atoms with van der Waals surface area (Å²) in [6.07, 6.45) is 1.54. The predicted molar refractivity (Wildman–Crippen MR) is 112 cm³/mol. The number of nitrogens with zero attached hydrogens (tertiary/aromatic N) is 5. The number of aromatic nitrogens is 4. The smallest absolute Gasteiger partial charge is 0.358 e. The van der Waals surface area contributed by atoms with Gasteiger partial charge in [-0.25, -0.2) is 9.48 Å². The first kappa shape index (κ1) is 21.0. The van der Waals surface area contributed by atoms with Crippen molar-refractivity contribution in [2.45, 2.75) is 20.8 Å². The molecule has 0 saturated carbocycles. The van der Waals surface area contributed by atoms with Crippen molar-refractivity contribution in [2.75, 3.05) is 25.0 Å². The van der Waals surface area contributed by atoms with Gasteiger partial charge in [0.25, 0.3) is 5.91 Å². The van der Waals surface area contributed by atoms with E-state index in [2.05, 4.69) is 20.6 Å². The second-order valence-electron chi connectivity index (χ2n) is 6.28. The summed E-state index contributed by atoms with van der Waals surface area (Å²) >= 11 is 0. The average molecular weight is 408 g/mol. The highest BCUT2D eigenvalue weighted by atomic mass is 16.5. The summed E-state index contributed by atoms with van der Waals surface area (Å²) in [7, 11) is 0. The van der Waals surface area contributed by atoms with Gasteiger partial charge in [0.2, 0.25) is 0 Å². The van der Waals surface area contributed by atoms with E-state index < -0.39 is 5.97 Å². The Balaban J connectivity index is 1.98. The Hall–Kier alpha value is -3.75. The molecule has 0 saturated heterocycles. The van der Waals surface area contributed by atoms with Crippen molar-refractivity contribution < 1.29 is 14.3 Å². The van der Waals surface area contributed by atoms with E-state index in [0.717, 1.165) is 5.69 Å². The minimum atomic E-state index is -0.539. The quantitative estimate of drug-likeness (QED) is 0.572. The fourth-order valence-electron chi connectivity index (χ4n) is 2.91. The molecule has 0 spiro atoms. The van der Waals surface area contributed by atoms with Crippen LogP contribution in [0.5, 0.6) is 0 Å². The highest BCUT2D eigenvalue weighted by Gasteiger charge is 2.22. The number of para-hydroxylation sites is 1. The largest absolute Gasteiger partial charge is 0.461 e. The summed E-state index contributed by atoms with van der Waals surface area (Å²) in [5.74, 6) is 0.162. The van der Waals surface area contributed by atoms with Gasteiger partial charge in [-0.2, -0.15) is 5.10 Å². The third-order valence-corrected chi connectivity index (χ3v) is 4.45. The Bertz CT molecular complexity index is 997. The summed E-state index contributed by atoms with van der Waals surface area (Å²) in [6.45, 7) is 7.00. The van der Waals surface area contributed by atoms with Gasteiger partial charge in [0, 0.05) is 13.1 Å². The molecule has 0 aliphatic rings. The fraction of sp³-hybridized carbons (Fsp3) is 0.286. The van der Waals surface area contributed by atoms with E-state index in [-0.39, 0.29) is 18.2 Å². The molecule has 9 heteroatoms. The standard InChI is InChI=1S/C21H24N6O3/c1-4-26(5-2)20(28)16-14-22-27(15-10-8-7-9-11-15)19(16)23-18-13-12-17(24-25-18)21(29)30-6-3/h7-14H,4-6H2,1-3H3,(H,23,25). The SMILES string of the molecule is CCOC(=O)c1ccc(Nc2c(C(=O)N(CC)CC)cnn2-c2ccccc2)nn1. The predicted octanol–water partition coefficient (Wildman–Crippen LogP) is 3.06. The Morgan fingerprint density at radius 1 is 1.03 bits per heavy atom. The Kier molecular flexibility index (Phi) is 6.74. The second kappa shape index (κ2) is 9.64. The van der Waals surface area contributed by atoms with Crippen LogP contribution in [0.2, 0.25) is 0 Å². The maximum Gasteiger partial charge on any atom is 0.358 e. The van der Waals surface area contributed by atoms with E-state index in [4.69, 9.17) is 4.74 Å². The average Bonchev–Trinajstić information content (AvgIpc) is 3.19. The number of benzene rings is 1. The van der Waals surface area contributed by atoms with Crippen LogP contribution in [-0.4, -0.2) is 56.5 Å². The molecule has 0 radical (unpaired) electrons. The highest BCUT2D eigenvalue weighted by Crippen LogP contribution is 2.24. The Morgan fingerprint density at radius 3 is 2.37 bits per heavy atom. The topological polar surface area (TPSA) is 102 Å². The van der Waals surface area contributed by atoms with Crippen LogP contribution in [0.4, 0.5) is 11.6 Å². The van der Waals surface area contributed by atoms with Gasteiger partial charge in [-0.15, -0.1) is 10.2 Å². The van der Waals surface area contributed by atoms with Crippen molar-refractivity contribution in [1.29, 1.82) is 0 Å². The summed E-state index contributed by atoms with van der Waals surface area (Å²) in [5.41, 5.74) is 1.31.